The highest BCUT2D eigenvalue weighted by molar-refractivity contribution is 7.12. The van der Waals surface area contributed by atoms with Crippen molar-refractivity contribution in [2.24, 2.45) is 0 Å². The van der Waals surface area contributed by atoms with Gasteiger partial charge in [0.25, 0.3) is 0 Å². The van der Waals surface area contributed by atoms with Crippen molar-refractivity contribution >= 4 is 22.9 Å². The van der Waals surface area contributed by atoms with Crippen LogP contribution in [-0.4, -0.2) is 24.8 Å². The standard InChI is InChI=1S/C17H16O4S/c18-13(5-6-14(19)17-2-1-11-22-17)12-3-7-15-16(8-4-12)21-10-9-20-15/h1-4,7,11H,5-6,8-10H2. The molecule has 0 radical (unpaired) electrons. The summed E-state index contributed by atoms with van der Waals surface area (Å²) in [5.74, 6) is 1.45. The van der Waals surface area contributed by atoms with Gasteiger partial charge >= 0.3 is 0 Å². The summed E-state index contributed by atoms with van der Waals surface area (Å²) in [7, 11) is 0. The molecule has 1 aromatic heterocycles. The van der Waals surface area contributed by atoms with Gasteiger partial charge in [-0.1, -0.05) is 12.1 Å². The lowest BCUT2D eigenvalue weighted by atomic mass is 10.0. The average Bonchev–Trinajstić information content (AvgIpc) is 2.99. The van der Waals surface area contributed by atoms with E-state index in [-0.39, 0.29) is 24.4 Å². The van der Waals surface area contributed by atoms with Crippen LogP contribution in [0.5, 0.6) is 0 Å². The summed E-state index contributed by atoms with van der Waals surface area (Å²) in [6.45, 7) is 1.07. The molecular formula is C17H16O4S. The van der Waals surface area contributed by atoms with Gasteiger partial charge in [-0.25, -0.2) is 0 Å². The molecule has 0 spiro atoms. The van der Waals surface area contributed by atoms with E-state index in [0.717, 1.165) is 5.76 Å². The lowest BCUT2D eigenvalue weighted by molar-refractivity contribution is -0.115. The van der Waals surface area contributed by atoms with Crippen molar-refractivity contribution in [3.05, 3.63) is 57.7 Å². The minimum absolute atomic E-state index is 0.0191. The molecule has 1 aliphatic heterocycles. The first-order valence-electron chi connectivity index (χ1n) is 7.21. The Labute approximate surface area is 132 Å². The van der Waals surface area contributed by atoms with Gasteiger partial charge in [-0.15, -0.1) is 11.3 Å². The molecule has 0 saturated carbocycles. The topological polar surface area (TPSA) is 52.6 Å². The molecule has 0 unspecified atom stereocenters. The summed E-state index contributed by atoms with van der Waals surface area (Å²) in [4.78, 5) is 24.9. The van der Waals surface area contributed by atoms with Crippen molar-refractivity contribution in [1.29, 1.82) is 0 Å². The van der Waals surface area contributed by atoms with E-state index in [9.17, 15) is 9.59 Å². The van der Waals surface area contributed by atoms with Crippen molar-refractivity contribution in [1.82, 2.24) is 0 Å². The average molecular weight is 316 g/mol. The number of carbonyl (C=O) groups is 2. The fourth-order valence-electron chi connectivity index (χ4n) is 2.34. The third-order valence-electron chi connectivity index (χ3n) is 3.51. The fourth-order valence-corrected chi connectivity index (χ4v) is 3.04. The van der Waals surface area contributed by atoms with Crippen LogP contribution in [0.4, 0.5) is 0 Å². The highest BCUT2D eigenvalue weighted by Gasteiger charge is 2.18. The summed E-state index contributed by atoms with van der Waals surface area (Å²) in [5.41, 5.74) is 0.612. The Bertz CT molecular complexity index is 665. The third kappa shape index (κ3) is 3.36. The van der Waals surface area contributed by atoms with Crippen LogP contribution >= 0.6 is 11.3 Å². The van der Waals surface area contributed by atoms with Crippen LogP contribution in [0.25, 0.3) is 0 Å². The molecule has 0 saturated heterocycles. The maximum Gasteiger partial charge on any atom is 0.173 e. The van der Waals surface area contributed by atoms with Crippen LogP contribution in [0, 0.1) is 0 Å². The molecule has 5 heteroatoms. The minimum atomic E-state index is -0.0268. The maximum absolute atomic E-state index is 12.3. The van der Waals surface area contributed by atoms with Gasteiger partial charge in [0, 0.05) is 24.8 Å². The Morgan fingerprint density at radius 1 is 1.09 bits per heavy atom. The lowest BCUT2D eigenvalue weighted by Crippen LogP contribution is -2.12. The molecule has 1 aliphatic carbocycles. The Morgan fingerprint density at radius 3 is 2.73 bits per heavy atom. The first kappa shape index (κ1) is 14.8. The number of Topliss-reactive ketones (excluding diaryl/α,β-unsaturated/α-hetero) is 2. The SMILES string of the molecule is O=C(CCC(=O)c1cccs1)C1=CCC2=C(C=C1)OCCO2. The quantitative estimate of drug-likeness (QED) is 0.781. The van der Waals surface area contributed by atoms with Gasteiger partial charge < -0.3 is 9.47 Å². The summed E-state index contributed by atoms with van der Waals surface area (Å²) in [5, 5.41) is 1.86. The molecule has 0 aromatic carbocycles. The molecule has 2 heterocycles. The second-order valence-corrected chi connectivity index (χ2v) is 5.95. The van der Waals surface area contributed by atoms with E-state index in [1.54, 1.807) is 18.2 Å². The molecule has 0 fully saturated rings. The number of hydrogen-bond donors (Lipinski definition) is 0. The molecule has 114 valence electrons. The number of thiophene rings is 1. The van der Waals surface area contributed by atoms with Crippen molar-refractivity contribution in [3.8, 4) is 0 Å². The van der Waals surface area contributed by atoms with Crippen molar-refractivity contribution < 1.29 is 19.1 Å². The van der Waals surface area contributed by atoms with E-state index in [0.29, 0.717) is 35.8 Å². The first-order chi connectivity index (χ1) is 10.7. The zero-order chi connectivity index (χ0) is 15.4. The van der Waals surface area contributed by atoms with E-state index in [1.807, 2.05) is 17.5 Å². The maximum atomic E-state index is 12.3. The third-order valence-corrected chi connectivity index (χ3v) is 4.42. The van der Waals surface area contributed by atoms with Crippen LogP contribution in [0.15, 0.2) is 52.8 Å². The van der Waals surface area contributed by atoms with Crippen LogP contribution in [0.1, 0.15) is 28.9 Å². The minimum Gasteiger partial charge on any atom is -0.490 e. The fraction of sp³-hybridized carbons (Fsp3) is 0.294. The number of allylic oxidation sites excluding steroid dienone is 4. The molecule has 1 aromatic rings. The van der Waals surface area contributed by atoms with Crippen molar-refractivity contribution in [3.63, 3.8) is 0 Å². The van der Waals surface area contributed by atoms with E-state index >= 15 is 0 Å². The number of hydrogen-bond acceptors (Lipinski definition) is 5. The highest BCUT2D eigenvalue weighted by Crippen LogP contribution is 2.24. The number of ether oxygens (including phenoxy) is 2. The predicted molar refractivity (Wildman–Crippen MR) is 83.7 cm³/mol. The van der Waals surface area contributed by atoms with Gasteiger partial charge in [-0.2, -0.15) is 0 Å². The second kappa shape index (κ2) is 6.75. The van der Waals surface area contributed by atoms with Gasteiger partial charge in [0.15, 0.2) is 17.3 Å². The molecule has 2 aliphatic rings. The Hall–Kier alpha value is -2.14. The summed E-state index contributed by atoms with van der Waals surface area (Å²) in [6.07, 6.45) is 6.36. The molecule has 4 nitrogen and oxygen atoms in total. The normalized spacial score (nSPS) is 17.0. The van der Waals surface area contributed by atoms with Gasteiger partial charge in [0.2, 0.25) is 0 Å². The zero-order valence-corrected chi connectivity index (χ0v) is 12.9. The molecule has 0 amide bonds. The smallest absolute Gasteiger partial charge is 0.173 e. The lowest BCUT2D eigenvalue weighted by Gasteiger charge is -2.18. The van der Waals surface area contributed by atoms with Crippen LogP contribution < -0.4 is 0 Å². The summed E-state index contributed by atoms with van der Waals surface area (Å²) in [6, 6.07) is 3.63. The van der Waals surface area contributed by atoms with E-state index in [4.69, 9.17) is 9.47 Å². The largest absolute Gasteiger partial charge is 0.490 e. The molecular weight excluding hydrogens is 300 g/mol. The van der Waals surface area contributed by atoms with Gasteiger partial charge in [-0.05, 0) is 23.6 Å². The summed E-state index contributed by atoms with van der Waals surface area (Å²) >= 11 is 1.41. The zero-order valence-electron chi connectivity index (χ0n) is 12.0. The van der Waals surface area contributed by atoms with Crippen LogP contribution in [0.3, 0.4) is 0 Å². The second-order valence-electron chi connectivity index (χ2n) is 5.00. The van der Waals surface area contributed by atoms with E-state index < -0.39 is 0 Å². The van der Waals surface area contributed by atoms with Gasteiger partial charge in [0.1, 0.15) is 19.0 Å². The Balaban J connectivity index is 1.59. The molecule has 22 heavy (non-hydrogen) atoms. The molecule has 0 atom stereocenters. The number of carbonyl (C=O) groups excluding carboxylic acids is 2. The van der Waals surface area contributed by atoms with Crippen LogP contribution in [-0.2, 0) is 14.3 Å². The Morgan fingerprint density at radius 2 is 1.91 bits per heavy atom. The Kier molecular flexibility index (Phi) is 4.53. The van der Waals surface area contributed by atoms with E-state index in [2.05, 4.69) is 0 Å². The van der Waals surface area contributed by atoms with E-state index in [1.165, 1.54) is 11.3 Å². The first-order valence-corrected chi connectivity index (χ1v) is 8.09. The molecule has 0 N–H and O–H groups in total. The van der Waals surface area contributed by atoms with Crippen LogP contribution in [0.2, 0.25) is 0 Å². The monoisotopic (exact) mass is 316 g/mol. The predicted octanol–water partition coefficient (Wildman–Crippen LogP) is 3.42. The molecule has 3 rings (SSSR count). The van der Waals surface area contributed by atoms with Gasteiger partial charge in [0.05, 0.1) is 4.88 Å². The van der Waals surface area contributed by atoms with Crippen molar-refractivity contribution in [2.75, 3.05) is 13.2 Å². The number of ketones is 2. The number of rotatable bonds is 5. The van der Waals surface area contributed by atoms with Gasteiger partial charge in [-0.3, -0.25) is 9.59 Å². The summed E-state index contributed by atoms with van der Waals surface area (Å²) < 4.78 is 11.0. The van der Waals surface area contributed by atoms with Crippen molar-refractivity contribution in [2.45, 2.75) is 19.3 Å². The molecule has 0 bridgehead atoms. The highest BCUT2D eigenvalue weighted by atomic mass is 32.1.